The lowest BCUT2D eigenvalue weighted by Gasteiger charge is -2.09. The molecule has 3 atom stereocenters. The van der Waals surface area contributed by atoms with Crippen LogP contribution in [0.5, 0.6) is 0 Å². The highest BCUT2D eigenvalue weighted by molar-refractivity contribution is 9.09. The second-order valence-corrected chi connectivity index (χ2v) is 5.77. The summed E-state index contributed by atoms with van der Waals surface area (Å²) in [6.07, 6.45) is 2.41. The Labute approximate surface area is 98.8 Å². The molecule has 1 aliphatic carbocycles. The Morgan fingerprint density at radius 1 is 1.50 bits per heavy atom. The van der Waals surface area contributed by atoms with E-state index in [1.54, 1.807) is 0 Å². The minimum absolute atomic E-state index is 0.595. The smallest absolute Gasteiger partial charge is 0.0438 e. The van der Waals surface area contributed by atoms with E-state index in [0.717, 1.165) is 23.3 Å². The fourth-order valence-corrected chi connectivity index (χ4v) is 3.18. The van der Waals surface area contributed by atoms with Gasteiger partial charge in [0.25, 0.3) is 0 Å². The number of rotatable bonds is 3. The van der Waals surface area contributed by atoms with E-state index in [1.807, 2.05) is 12.1 Å². The van der Waals surface area contributed by atoms with Crippen molar-refractivity contribution >= 4 is 27.5 Å². The molecule has 0 heterocycles. The molecule has 0 aromatic heterocycles. The van der Waals surface area contributed by atoms with Crippen molar-refractivity contribution in [3.8, 4) is 0 Å². The van der Waals surface area contributed by atoms with Crippen molar-refractivity contribution in [2.75, 3.05) is 0 Å². The molecule has 2 heteroatoms. The Hall–Kier alpha value is -0.0100. The molecular formula is C12H14BrCl. The van der Waals surface area contributed by atoms with Crippen molar-refractivity contribution in [3.05, 3.63) is 34.9 Å². The van der Waals surface area contributed by atoms with E-state index >= 15 is 0 Å². The van der Waals surface area contributed by atoms with E-state index < -0.39 is 0 Å². The Kier molecular flexibility index (Phi) is 3.18. The van der Waals surface area contributed by atoms with Crippen molar-refractivity contribution in [2.24, 2.45) is 11.8 Å². The maximum Gasteiger partial charge on any atom is 0.0438 e. The monoisotopic (exact) mass is 272 g/mol. The maximum atomic E-state index is 6.11. The predicted octanol–water partition coefficient (Wildman–Crippen LogP) is 4.30. The fourth-order valence-electron chi connectivity index (χ4n) is 1.88. The zero-order chi connectivity index (χ0) is 10.1. The lowest BCUT2D eigenvalue weighted by molar-refractivity contribution is 0.701. The van der Waals surface area contributed by atoms with Crippen LogP contribution >= 0.6 is 27.5 Å². The zero-order valence-electron chi connectivity index (χ0n) is 8.21. The Balaban J connectivity index is 2.00. The van der Waals surface area contributed by atoms with Crippen LogP contribution in [-0.2, 0) is 6.42 Å². The molecule has 0 saturated heterocycles. The molecule has 0 aliphatic heterocycles. The van der Waals surface area contributed by atoms with Crippen molar-refractivity contribution in [3.63, 3.8) is 0 Å². The van der Waals surface area contributed by atoms with Gasteiger partial charge in [0.2, 0.25) is 0 Å². The molecule has 3 unspecified atom stereocenters. The van der Waals surface area contributed by atoms with Crippen LogP contribution in [0.2, 0.25) is 5.02 Å². The molecule has 1 aromatic rings. The van der Waals surface area contributed by atoms with Gasteiger partial charge in [0.1, 0.15) is 0 Å². The van der Waals surface area contributed by atoms with Crippen LogP contribution in [0.15, 0.2) is 24.3 Å². The van der Waals surface area contributed by atoms with Crippen LogP contribution in [0.1, 0.15) is 18.9 Å². The van der Waals surface area contributed by atoms with Crippen molar-refractivity contribution < 1.29 is 0 Å². The van der Waals surface area contributed by atoms with E-state index in [4.69, 9.17) is 11.6 Å². The van der Waals surface area contributed by atoms with Gasteiger partial charge in [0, 0.05) is 9.85 Å². The molecule has 0 amide bonds. The van der Waals surface area contributed by atoms with Gasteiger partial charge in [0.15, 0.2) is 0 Å². The van der Waals surface area contributed by atoms with Gasteiger partial charge >= 0.3 is 0 Å². The Bertz CT molecular complexity index is 324. The van der Waals surface area contributed by atoms with Gasteiger partial charge in [-0.25, -0.2) is 0 Å². The summed E-state index contributed by atoms with van der Waals surface area (Å²) in [5, 5.41) is 0.894. The molecule has 0 nitrogen and oxygen atoms in total. The first-order valence-corrected chi connectivity index (χ1v) is 6.35. The molecule has 14 heavy (non-hydrogen) atoms. The van der Waals surface area contributed by atoms with Crippen LogP contribution in [0.4, 0.5) is 0 Å². The lowest BCUT2D eigenvalue weighted by Crippen LogP contribution is -2.06. The SMILES string of the molecule is CC1CC1C(Br)Cc1ccccc1Cl. The summed E-state index contributed by atoms with van der Waals surface area (Å²) in [5.41, 5.74) is 1.26. The summed E-state index contributed by atoms with van der Waals surface area (Å²) in [5.74, 6) is 1.74. The predicted molar refractivity (Wildman–Crippen MR) is 65.1 cm³/mol. The van der Waals surface area contributed by atoms with Crippen molar-refractivity contribution in [1.82, 2.24) is 0 Å². The van der Waals surface area contributed by atoms with Crippen LogP contribution in [0.25, 0.3) is 0 Å². The van der Waals surface area contributed by atoms with E-state index in [0.29, 0.717) is 4.83 Å². The molecule has 0 bridgehead atoms. The topological polar surface area (TPSA) is 0 Å². The lowest BCUT2D eigenvalue weighted by atomic mass is 10.1. The van der Waals surface area contributed by atoms with E-state index in [1.165, 1.54) is 12.0 Å². The summed E-state index contributed by atoms with van der Waals surface area (Å²) in [7, 11) is 0. The minimum atomic E-state index is 0.595. The standard InChI is InChI=1S/C12H14BrCl/c1-8-6-10(8)11(13)7-9-4-2-3-5-12(9)14/h2-5,8,10-11H,6-7H2,1H3. The van der Waals surface area contributed by atoms with Gasteiger partial charge in [-0.05, 0) is 36.3 Å². The van der Waals surface area contributed by atoms with Gasteiger partial charge < -0.3 is 0 Å². The van der Waals surface area contributed by atoms with E-state index in [9.17, 15) is 0 Å². The second kappa shape index (κ2) is 4.24. The summed E-state index contributed by atoms with van der Waals surface area (Å²) < 4.78 is 0. The van der Waals surface area contributed by atoms with Gasteiger partial charge in [0.05, 0.1) is 0 Å². The highest BCUT2D eigenvalue weighted by atomic mass is 79.9. The molecule has 1 fully saturated rings. The number of alkyl halides is 1. The van der Waals surface area contributed by atoms with E-state index in [2.05, 4.69) is 35.0 Å². The van der Waals surface area contributed by atoms with Crippen LogP contribution < -0.4 is 0 Å². The summed E-state index contributed by atoms with van der Waals surface area (Å²) in [6.45, 7) is 2.31. The van der Waals surface area contributed by atoms with Crippen LogP contribution in [-0.4, -0.2) is 4.83 Å². The quantitative estimate of drug-likeness (QED) is 0.720. The van der Waals surface area contributed by atoms with Gasteiger partial charge in [-0.1, -0.05) is 52.7 Å². The van der Waals surface area contributed by atoms with Crippen LogP contribution in [0.3, 0.4) is 0 Å². The summed E-state index contributed by atoms with van der Waals surface area (Å²) >= 11 is 9.87. The molecule has 1 aromatic carbocycles. The average Bonchev–Trinajstić information content (AvgIpc) is 2.87. The number of benzene rings is 1. The largest absolute Gasteiger partial charge is 0.0884 e. The molecule has 0 radical (unpaired) electrons. The molecular weight excluding hydrogens is 259 g/mol. The van der Waals surface area contributed by atoms with Crippen molar-refractivity contribution in [2.45, 2.75) is 24.6 Å². The second-order valence-electron chi connectivity index (χ2n) is 4.19. The normalized spacial score (nSPS) is 27.4. The highest BCUT2D eigenvalue weighted by Gasteiger charge is 2.38. The van der Waals surface area contributed by atoms with Gasteiger partial charge in [-0.3, -0.25) is 0 Å². The van der Waals surface area contributed by atoms with Gasteiger partial charge in [-0.2, -0.15) is 0 Å². The molecule has 1 aliphatic rings. The number of hydrogen-bond acceptors (Lipinski definition) is 0. The molecule has 0 N–H and O–H groups in total. The minimum Gasteiger partial charge on any atom is -0.0884 e. The zero-order valence-corrected chi connectivity index (χ0v) is 10.6. The maximum absolute atomic E-state index is 6.11. The third-order valence-corrected chi connectivity index (χ3v) is 4.38. The van der Waals surface area contributed by atoms with Crippen LogP contribution in [0, 0.1) is 11.8 Å². The first kappa shape index (κ1) is 10.5. The third kappa shape index (κ3) is 2.32. The number of halogens is 2. The summed E-state index contributed by atoms with van der Waals surface area (Å²) in [4.78, 5) is 0.595. The number of hydrogen-bond donors (Lipinski definition) is 0. The summed E-state index contributed by atoms with van der Waals surface area (Å²) in [6, 6.07) is 8.11. The van der Waals surface area contributed by atoms with Crippen molar-refractivity contribution in [1.29, 1.82) is 0 Å². The fraction of sp³-hybridized carbons (Fsp3) is 0.500. The molecule has 1 saturated carbocycles. The first-order chi connectivity index (χ1) is 6.68. The molecule has 0 spiro atoms. The van der Waals surface area contributed by atoms with E-state index in [-0.39, 0.29) is 0 Å². The third-order valence-electron chi connectivity index (χ3n) is 3.01. The van der Waals surface area contributed by atoms with Gasteiger partial charge in [-0.15, -0.1) is 0 Å². The first-order valence-electron chi connectivity index (χ1n) is 5.06. The Morgan fingerprint density at radius 3 is 2.71 bits per heavy atom. The Morgan fingerprint density at radius 2 is 2.14 bits per heavy atom. The highest BCUT2D eigenvalue weighted by Crippen LogP contribution is 2.44. The molecule has 2 rings (SSSR count). The average molecular weight is 274 g/mol. The molecule has 76 valence electrons.